The summed E-state index contributed by atoms with van der Waals surface area (Å²) in [5.41, 5.74) is 4.24. The van der Waals surface area contributed by atoms with Crippen molar-refractivity contribution in [1.82, 2.24) is 10.3 Å². The predicted octanol–water partition coefficient (Wildman–Crippen LogP) is 7.26. The van der Waals surface area contributed by atoms with Crippen molar-refractivity contribution >= 4 is 73.6 Å². The number of carbonyl (C=O) groups excluding carboxylic acids is 1. The van der Waals surface area contributed by atoms with E-state index in [0.717, 1.165) is 32.8 Å². The van der Waals surface area contributed by atoms with Crippen LogP contribution in [-0.2, 0) is 4.79 Å². The minimum absolute atomic E-state index is 0.0499. The maximum atomic E-state index is 12.6. The molecular formula is C27H22N4O4S3. The van der Waals surface area contributed by atoms with Gasteiger partial charge in [-0.2, -0.15) is 0 Å². The molecule has 2 heterocycles. The zero-order valence-corrected chi connectivity index (χ0v) is 23.1. The molecule has 1 N–H and O–H groups in total. The Hall–Kier alpha value is -3.67. The molecule has 0 saturated carbocycles. The van der Waals surface area contributed by atoms with Crippen molar-refractivity contribution in [2.45, 2.75) is 30.0 Å². The fourth-order valence-corrected chi connectivity index (χ4v) is 6.87. The van der Waals surface area contributed by atoms with E-state index in [9.17, 15) is 14.9 Å². The molecule has 1 fully saturated rings. The number of thiazole rings is 1. The van der Waals surface area contributed by atoms with Crippen LogP contribution in [0.3, 0.4) is 0 Å². The number of fused-ring (bicyclic) bond motifs is 1. The van der Waals surface area contributed by atoms with Gasteiger partial charge in [0.2, 0.25) is 0 Å². The third-order valence-electron chi connectivity index (χ3n) is 5.41. The van der Waals surface area contributed by atoms with E-state index in [-0.39, 0.29) is 11.6 Å². The van der Waals surface area contributed by atoms with Crippen LogP contribution >= 0.6 is 34.9 Å². The highest BCUT2D eigenvalue weighted by Crippen LogP contribution is 2.40. The smallest absolute Gasteiger partial charge is 0.283 e. The first-order chi connectivity index (χ1) is 18.3. The number of aliphatic imine (C=N–C) groups is 1. The molecule has 3 aromatic carbocycles. The van der Waals surface area contributed by atoms with Gasteiger partial charge in [0.15, 0.2) is 9.51 Å². The summed E-state index contributed by atoms with van der Waals surface area (Å²) in [5, 5.41) is 15.1. The Kier molecular flexibility index (Phi) is 7.50. The minimum atomic E-state index is -0.417. The second-order valence-electron chi connectivity index (χ2n) is 8.46. The quantitative estimate of drug-likeness (QED) is 0.143. The number of ether oxygens (including phenoxy) is 1. The highest BCUT2D eigenvalue weighted by molar-refractivity contribution is 8.18. The first kappa shape index (κ1) is 26.0. The molecule has 0 radical (unpaired) electrons. The number of hydrogen-bond donors (Lipinski definition) is 1. The average Bonchev–Trinajstić information content (AvgIpc) is 3.41. The van der Waals surface area contributed by atoms with Crippen molar-refractivity contribution in [3.05, 3.63) is 86.3 Å². The summed E-state index contributed by atoms with van der Waals surface area (Å²) in [7, 11) is 0. The third-order valence-corrected chi connectivity index (χ3v) is 8.47. The summed E-state index contributed by atoms with van der Waals surface area (Å²) in [6.07, 6.45) is 1.64. The van der Waals surface area contributed by atoms with E-state index < -0.39 is 4.92 Å². The van der Waals surface area contributed by atoms with Crippen LogP contribution in [0.1, 0.15) is 23.6 Å². The predicted molar refractivity (Wildman–Crippen MR) is 155 cm³/mol. The van der Waals surface area contributed by atoms with Gasteiger partial charge in [0.1, 0.15) is 5.75 Å². The summed E-state index contributed by atoms with van der Waals surface area (Å²) in [5.74, 6) is 0.472. The Bertz CT molecular complexity index is 1620. The summed E-state index contributed by atoms with van der Waals surface area (Å²) < 4.78 is 7.20. The molecule has 0 atom stereocenters. The van der Waals surface area contributed by atoms with Gasteiger partial charge >= 0.3 is 0 Å². The molecule has 0 spiro atoms. The number of rotatable bonds is 7. The highest BCUT2D eigenvalue weighted by atomic mass is 32.2. The Balaban J connectivity index is 1.38. The molecule has 38 heavy (non-hydrogen) atoms. The van der Waals surface area contributed by atoms with Crippen LogP contribution in [0, 0.1) is 24.0 Å². The van der Waals surface area contributed by atoms with E-state index in [2.05, 4.69) is 21.4 Å². The van der Waals surface area contributed by atoms with Gasteiger partial charge in [-0.1, -0.05) is 23.9 Å². The van der Waals surface area contributed by atoms with Crippen molar-refractivity contribution in [2.24, 2.45) is 4.99 Å². The Morgan fingerprint density at radius 1 is 1.13 bits per heavy atom. The van der Waals surface area contributed by atoms with Gasteiger partial charge in [-0.3, -0.25) is 14.9 Å². The van der Waals surface area contributed by atoms with Gasteiger partial charge in [0.25, 0.3) is 11.6 Å². The van der Waals surface area contributed by atoms with Crippen molar-refractivity contribution in [1.29, 1.82) is 0 Å². The van der Waals surface area contributed by atoms with Crippen molar-refractivity contribution in [3.8, 4) is 5.75 Å². The normalized spacial score (nSPS) is 15.4. The first-order valence-electron chi connectivity index (χ1n) is 11.6. The molecule has 8 nitrogen and oxygen atoms in total. The largest absolute Gasteiger partial charge is 0.494 e. The van der Waals surface area contributed by atoms with Crippen molar-refractivity contribution in [2.75, 3.05) is 6.61 Å². The molecule has 1 saturated heterocycles. The maximum absolute atomic E-state index is 12.6. The van der Waals surface area contributed by atoms with Crippen LogP contribution < -0.4 is 10.1 Å². The number of nitrogens with one attached hydrogen (secondary N) is 1. The fraction of sp³-hybridized carbons (Fsp3) is 0.148. The molecule has 0 unspecified atom stereocenters. The third kappa shape index (κ3) is 5.90. The molecule has 1 amide bonds. The lowest BCUT2D eigenvalue weighted by Gasteiger charge is -2.02. The molecule has 1 aliphatic heterocycles. The number of amides is 1. The molecule has 0 bridgehead atoms. The van der Waals surface area contributed by atoms with Crippen LogP contribution in [-0.4, -0.2) is 27.6 Å². The lowest BCUT2D eigenvalue weighted by atomic mass is 10.1. The standard InChI is InChI=1S/C27H22N4O4S3/c1-4-35-19-6-7-20-23(14-19)38-27(29-20)37-22-8-5-17(12-21(22)31(33)34)13-24-25(32)30-26(36-24)28-18-10-15(2)9-16(3)11-18/h5-14H,4H2,1-3H3,(H,28,30,32)/b24-13-. The number of nitrogens with zero attached hydrogens (tertiary/aromatic N) is 3. The number of aromatic nitrogens is 1. The topological polar surface area (TPSA) is 107 Å². The van der Waals surface area contributed by atoms with Crippen LogP contribution in [0.2, 0.25) is 0 Å². The zero-order valence-electron chi connectivity index (χ0n) is 20.7. The Morgan fingerprint density at radius 2 is 1.92 bits per heavy atom. The van der Waals surface area contributed by atoms with E-state index in [0.29, 0.717) is 31.5 Å². The maximum Gasteiger partial charge on any atom is 0.283 e. The zero-order chi connectivity index (χ0) is 26.8. The molecule has 1 aromatic heterocycles. The number of benzene rings is 3. The summed E-state index contributed by atoms with van der Waals surface area (Å²) in [4.78, 5) is 34.1. The SMILES string of the molecule is CCOc1ccc2nc(Sc3ccc(/C=C4\SC(=Nc5cc(C)cc(C)c5)NC4=O)cc3[N+](=O)[O-])sc2c1. The monoisotopic (exact) mass is 562 g/mol. The van der Waals surface area contributed by atoms with Gasteiger partial charge in [-0.25, -0.2) is 9.98 Å². The number of amidine groups is 1. The second-order valence-corrected chi connectivity index (χ2v) is 11.8. The van der Waals surface area contributed by atoms with Crippen LogP contribution in [0.15, 0.2) is 73.7 Å². The van der Waals surface area contributed by atoms with Gasteiger partial charge in [0.05, 0.1) is 37.2 Å². The first-order valence-corrected chi connectivity index (χ1v) is 14.1. The second kappa shape index (κ2) is 11.0. The Morgan fingerprint density at radius 3 is 2.66 bits per heavy atom. The molecular weight excluding hydrogens is 541 g/mol. The number of nitro benzene ring substituents is 1. The van der Waals surface area contributed by atoms with Crippen LogP contribution in [0.25, 0.3) is 16.3 Å². The average molecular weight is 563 g/mol. The lowest BCUT2D eigenvalue weighted by Crippen LogP contribution is -2.19. The number of thioether (sulfide) groups is 1. The van der Waals surface area contributed by atoms with Gasteiger partial charge in [0, 0.05) is 6.07 Å². The number of carbonyl (C=O) groups is 1. The van der Waals surface area contributed by atoms with E-state index in [1.54, 1.807) is 18.2 Å². The highest BCUT2D eigenvalue weighted by Gasteiger charge is 2.25. The van der Waals surface area contributed by atoms with E-state index in [1.165, 1.54) is 40.9 Å². The van der Waals surface area contributed by atoms with E-state index in [1.807, 2.05) is 51.1 Å². The van der Waals surface area contributed by atoms with Crippen LogP contribution in [0.5, 0.6) is 5.75 Å². The minimum Gasteiger partial charge on any atom is -0.494 e. The van der Waals surface area contributed by atoms with Gasteiger partial charge < -0.3 is 10.1 Å². The number of aryl methyl sites for hydroxylation is 2. The van der Waals surface area contributed by atoms with Gasteiger partial charge in [-0.15, -0.1) is 11.3 Å². The van der Waals surface area contributed by atoms with Crippen LogP contribution in [0.4, 0.5) is 11.4 Å². The number of hydrogen-bond acceptors (Lipinski definition) is 9. The van der Waals surface area contributed by atoms with Gasteiger partial charge in [-0.05, 0) is 91.7 Å². The molecule has 192 valence electrons. The summed E-state index contributed by atoms with van der Waals surface area (Å²) in [6, 6.07) is 16.5. The lowest BCUT2D eigenvalue weighted by molar-refractivity contribution is -0.387. The number of nitro groups is 1. The summed E-state index contributed by atoms with van der Waals surface area (Å²) >= 11 is 3.90. The van der Waals surface area contributed by atoms with E-state index in [4.69, 9.17) is 4.74 Å². The van der Waals surface area contributed by atoms with Crippen molar-refractivity contribution in [3.63, 3.8) is 0 Å². The summed E-state index contributed by atoms with van der Waals surface area (Å²) in [6.45, 7) is 6.48. The molecule has 0 aliphatic carbocycles. The van der Waals surface area contributed by atoms with E-state index >= 15 is 0 Å². The fourth-order valence-electron chi connectivity index (χ4n) is 3.90. The van der Waals surface area contributed by atoms with Crippen molar-refractivity contribution < 1.29 is 14.5 Å². The molecule has 5 rings (SSSR count). The molecule has 11 heteroatoms. The Labute approximate surface area is 231 Å². The molecule has 4 aromatic rings. The molecule has 1 aliphatic rings.